The lowest BCUT2D eigenvalue weighted by molar-refractivity contribution is -0.130. The second-order valence-electron chi connectivity index (χ2n) is 7.85. The minimum Gasteiger partial charge on any atom is -0.755 e. The first-order valence-corrected chi connectivity index (χ1v) is 12.7. The van der Waals surface area contributed by atoms with Crippen LogP contribution in [0.25, 0.3) is 10.4 Å². The van der Waals surface area contributed by atoms with Crippen LogP contribution in [0, 0.1) is 11.3 Å². The molecule has 2 aromatic carbocycles. The number of anilines is 1. The van der Waals surface area contributed by atoms with Crippen molar-refractivity contribution in [1.82, 2.24) is 20.5 Å². The van der Waals surface area contributed by atoms with E-state index in [1.807, 2.05) is 36.4 Å². The van der Waals surface area contributed by atoms with Gasteiger partial charge in [0.2, 0.25) is 5.91 Å². The summed E-state index contributed by atoms with van der Waals surface area (Å²) in [5.74, 6) is -0.597. The van der Waals surface area contributed by atoms with Crippen LogP contribution in [0.2, 0.25) is 0 Å². The van der Waals surface area contributed by atoms with Gasteiger partial charge in [0.1, 0.15) is 10.7 Å². The van der Waals surface area contributed by atoms with Crippen molar-refractivity contribution in [3.63, 3.8) is 0 Å². The number of nitrogens with zero attached hydrogens (tertiary/aromatic N) is 5. The molecule has 184 valence electrons. The Bertz CT molecular complexity index is 1380. The SMILES string of the molecule is N#Cc1ccc(C[C@@H](CC(=O)NO)n2cc(CN(c3ccc(-c4ccccc4)s3)S(=O)[O-])nn2)cc1. The molecule has 2 heterocycles. The van der Waals surface area contributed by atoms with Gasteiger partial charge in [0, 0.05) is 16.1 Å². The summed E-state index contributed by atoms with van der Waals surface area (Å²) in [6.45, 7) is -0.0410. The molecule has 2 N–H and O–H groups in total. The van der Waals surface area contributed by atoms with E-state index in [4.69, 9.17) is 10.5 Å². The van der Waals surface area contributed by atoms with E-state index in [-0.39, 0.29) is 13.0 Å². The normalized spacial score (nSPS) is 12.5. The highest BCUT2D eigenvalue weighted by molar-refractivity contribution is 7.80. The molecular formula is C24H21N6O4S2-. The third-order valence-electron chi connectivity index (χ3n) is 5.41. The van der Waals surface area contributed by atoms with Gasteiger partial charge in [0.05, 0.1) is 36.8 Å². The molecule has 0 spiro atoms. The van der Waals surface area contributed by atoms with E-state index >= 15 is 0 Å². The van der Waals surface area contributed by atoms with Crippen LogP contribution in [-0.4, -0.2) is 34.9 Å². The average molecular weight is 522 g/mol. The number of benzene rings is 2. The van der Waals surface area contributed by atoms with Gasteiger partial charge in [-0.1, -0.05) is 47.7 Å². The fourth-order valence-electron chi connectivity index (χ4n) is 3.64. The van der Waals surface area contributed by atoms with Crippen molar-refractivity contribution >= 4 is 33.5 Å². The zero-order chi connectivity index (χ0) is 25.5. The number of nitriles is 1. The Balaban J connectivity index is 1.53. The summed E-state index contributed by atoms with van der Waals surface area (Å²) in [6, 6.07) is 21.8. The van der Waals surface area contributed by atoms with Gasteiger partial charge in [0.15, 0.2) is 0 Å². The fourth-order valence-corrected chi connectivity index (χ4v) is 5.30. The van der Waals surface area contributed by atoms with Crippen LogP contribution < -0.4 is 9.79 Å². The molecule has 0 aliphatic heterocycles. The Kier molecular flexibility index (Phi) is 8.19. The highest BCUT2D eigenvalue weighted by Crippen LogP contribution is 2.34. The smallest absolute Gasteiger partial charge is 0.245 e. The van der Waals surface area contributed by atoms with Gasteiger partial charge in [0.25, 0.3) is 0 Å². The minimum absolute atomic E-state index is 0.0410. The summed E-state index contributed by atoms with van der Waals surface area (Å²) < 4.78 is 26.8. The topological polar surface area (TPSA) is 147 Å². The van der Waals surface area contributed by atoms with Crippen molar-refractivity contribution < 1.29 is 18.8 Å². The number of amides is 1. The van der Waals surface area contributed by atoms with Crippen LogP contribution in [0.3, 0.4) is 0 Å². The number of hydroxylamine groups is 1. The number of rotatable bonds is 10. The number of nitrogens with one attached hydrogen (secondary N) is 1. The van der Waals surface area contributed by atoms with Crippen molar-refractivity contribution in [1.29, 1.82) is 5.26 Å². The van der Waals surface area contributed by atoms with Crippen LogP contribution >= 0.6 is 11.3 Å². The zero-order valence-electron chi connectivity index (χ0n) is 18.9. The fraction of sp³-hybridized carbons (Fsp3) is 0.167. The quantitative estimate of drug-likeness (QED) is 0.185. The van der Waals surface area contributed by atoms with Crippen LogP contribution in [0.15, 0.2) is 72.9 Å². The van der Waals surface area contributed by atoms with E-state index < -0.39 is 23.2 Å². The molecule has 36 heavy (non-hydrogen) atoms. The summed E-state index contributed by atoms with van der Waals surface area (Å²) in [4.78, 5) is 12.8. The van der Waals surface area contributed by atoms with Crippen LogP contribution in [-0.2, 0) is 29.0 Å². The highest BCUT2D eigenvalue weighted by atomic mass is 32.2. The monoisotopic (exact) mass is 521 g/mol. The lowest BCUT2D eigenvalue weighted by Gasteiger charge is -2.23. The van der Waals surface area contributed by atoms with E-state index in [1.54, 1.807) is 42.0 Å². The predicted octanol–water partition coefficient (Wildman–Crippen LogP) is 3.36. The van der Waals surface area contributed by atoms with Gasteiger partial charge >= 0.3 is 0 Å². The van der Waals surface area contributed by atoms with Gasteiger partial charge in [-0.2, -0.15) is 5.26 Å². The molecule has 4 rings (SSSR count). The summed E-state index contributed by atoms with van der Waals surface area (Å²) >= 11 is -1.21. The van der Waals surface area contributed by atoms with Crippen molar-refractivity contribution in [2.75, 3.05) is 4.31 Å². The largest absolute Gasteiger partial charge is 0.755 e. The lowest BCUT2D eigenvalue weighted by Crippen LogP contribution is -2.25. The van der Waals surface area contributed by atoms with Crippen LogP contribution in [0.5, 0.6) is 0 Å². The first-order valence-electron chi connectivity index (χ1n) is 10.8. The molecular weight excluding hydrogens is 500 g/mol. The van der Waals surface area contributed by atoms with Gasteiger partial charge in [-0.05, 0) is 41.8 Å². The standard InChI is InChI=1S/C24H22N6O4S2/c25-14-18-8-6-17(7-9-18)12-21(13-23(31)27-32)29-15-20(26-28-29)16-30(36(33)34)24-11-10-22(35-24)19-4-2-1-3-5-19/h1-11,15,21,32H,12-13,16H2,(H,27,31)(H,33,34)/p-1/t21-/m0/s1. The molecule has 0 aliphatic carbocycles. The second kappa shape index (κ2) is 11.7. The van der Waals surface area contributed by atoms with Gasteiger partial charge < -0.3 is 4.55 Å². The molecule has 0 fully saturated rings. The van der Waals surface area contributed by atoms with Gasteiger partial charge in [-0.25, -0.2) is 10.2 Å². The number of carbonyl (C=O) groups excluding carboxylic acids is 1. The number of carbonyl (C=O) groups is 1. The van der Waals surface area contributed by atoms with E-state index in [2.05, 4.69) is 16.4 Å². The maximum atomic E-state index is 12.0. The summed E-state index contributed by atoms with van der Waals surface area (Å²) in [6.07, 6.45) is 1.89. The molecule has 0 bridgehead atoms. The maximum absolute atomic E-state index is 12.0. The van der Waals surface area contributed by atoms with Crippen molar-refractivity contribution in [2.45, 2.75) is 25.4 Å². The molecule has 0 saturated carbocycles. The van der Waals surface area contributed by atoms with Crippen molar-refractivity contribution in [3.8, 4) is 16.5 Å². The van der Waals surface area contributed by atoms with Crippen molar-refractivity contribution in [2.24, 2.45) is 0 Å². The average Bonchev–Trinajstić information content (AvgIpc) is 3.58. The Labute approximate surface area is 213 Å². The summed E-state index contributed by atoms with van der Waals surface area (Å²) in [5.41, 5.74) is 4.38. The van der Waals surface area contributed by atoms with E-state index in [1.165, 1.54) is 20.3 Å². The predicted molar refractivity (Wildman–Crippen MR) is 133 cm³/mol. The Morgan fingerprint density at radius 2 is 1.94 bits per heavy atom. The molecule has 1 unspecified atom stereocenters. The molecule has 1 amide bonds. The molecule has 0 aliphatic rings. The molecule has 0 saturated heterocycles. The Morgan fingerprint density at radius 1 is 1.19 bits per heavy atom. The first kappa shape index (κ1) is 25.2. The summed E-state index contributed by atoms with van der Waals surface area (Å²) in [5, 5.41) is 26.8. The molecule has 10 nitrogen and oxygen atoms in total. The minimum atomic E-state index is -2.55. The third-order valence-corrected chi connectivity index (χ3v) is 7.37. The maximum Gasteiger partial charge on any atom is 0.245 e. The lowest BCUT2D eigenvalue weighted by atomic mass is 10.0. The Morgan fingerprint density at radius 3 is 2.61 bits per heavy atom. The van der Waals surface area contributed by atoms with Crippen LogP contribution in [0.1, 0.15) is 29.3 Å². The zero-order valence-corrected chi connectivity index (χ0v) is 20.5. The van der Waals surface area contributed by atoms with Gasteiger partial charge in [-0.3, -0.25) is 18.5 Å². The van der Waals surface area contributed by atoms with Gasteiger partial charge in [-0.15, -0.1) is 16.4 Å². The van der Waals surface area contributed by atoms with E-state index in [0.29, 0.717) is 22.7 Å². The molecule has 0 radical (unpaired) electrons. The molecule has 4 aromatic rings. The third kappa shape index (κ3) is 6.21. The van der Waals surface area contributed by atoms with E-state index in [9.17, 15) is 13.6 Å². The number of thiophene rings is 1. The molecule has 2 aromatic heterocycles. The molecule has 12 heteroatoms. The van der Waals surface area contributed by atoms with Crippen molar-refractivity contribution in [3.05, 3.63) is 89.7 Å². The Hall–Kier alpha value is -3.89. The van der Waals surface area contributed by atoms with E-state index in [0.717, 1.165) is 16.0 Å². The first-order chi connectivity index (χ1) is 17.5. The number of hydrogen-bond acceptors (Lipinski definition) is 8. The number of aromatic nitrogens is 3. The van der Waals surface area contributed by atoms with Crippen LogP contribution in [0.4, 0.5) is 5.00 Å². The second-order valence-corrected chi connectivity index (χ2v) is 9.79. The number of hydrogen-bond donors (Lipinski definition) is 2. The molecule has 2 atom stereocenters. The summed E-state index contributed by atoms with van der Waals surface area (Å²) in [7, 11) is 0. The highest BCUT2D eigenvalue weighted by Gasteiger charge is 2.20.